The first kappa shape index (κ1) is 41.4. The molecule has 54 heavy (non-hydrogen) atoms. The van der Waals surface area contributed by atoms with Crippen molar-refractivity contribution in [3.8, 4) is 5.88 Å². The Kier molecular flexibility index (Phi) is 14.3. The highest BCUT2D eigenvalue weighted by Crippen LogP contribution is 2.38. The van der Waals surface area contributed by atoms with Crippen LogP contribution in [0.4, 0.5) is 0 Å². The highest BCUT2D eigenvalue weighted by Gasteiger charge is 2.47. The van der Waals surface area contributed by atoms with Crippen LogP contribution in [-0.4, -0.2) is 85.0 Å². The Hall–Kier alpha value is -3.77. The lowest BCUT2D eigenvalue weighted by Crippen LogP contribution is -2.51. The zero-order valence-corrected chi connectivity index (χ0v) is 32.8. The fourth-order valence-corrected chi connectivity index (χ4v) is 8.13. The van der Waals surface area contributed by atoms with E-state index in [0.29, 0.717) is 36.1 Å². The van der Waals surface area contributed by atoms with Crippen LogP contribution in [0.5, 0.6) is 5.88 Å². The minimum atomic E-state index is -1.25. The molecule has 1 saturated heterocycles. The number of nitrogens with one attached hydrogen (secondary N) is 1. The van der Waals surface area contributed by atoms with Crippen molar-refractivity contribution < 1.29 is 33.8 Å². The third kappa shape index (κ3) is 11.1. The number of likely N-dealkylation sites (tertiary alicyclic amines) is 1. The molecule has 0 aromatic carbocycles. The highest BCUT2D eigenvalue weighted by molar-refractivity contribution is 6.30. The van der Waals surface area contributed by atoms with Crippen LogP contribution in [-0.2, 0) is 19.2 Å². The lowest BCUT2D eigenvalue weighted by Gasteiger charge is -2.37. The minimum absolute atomic E-state index is 0.0664. The molecule has 0 bridgehead atoms. The number of hydrogen-bond donors (Lipinski definition) is 2. The zero-order chi connectivity index (χ0) is 39.0. The average Bonchev–Trinajstić information content (AvgIpc) is 3.88. The standard InChI is InChI=1S/C41H56ClN5O7/c1-5-9-27(38(51)35(50)18-25-12-13-25)19-33(48)32-20-29(54-36-15-14-28(42)22-45-36)24-47(32)40(53)30(41(2,3)4)21-34(49)37(26-10-7-6-8-11-26)46-39(52)31-23-43-16-17-44-31/h14-17,22-23,25-27,29-30,32,37-38,51H,5-13,18-21,24H2,1-4H3,(H,46,52)/t27-,29-,30-,32+,37+,38?/m1/s1. The van der Waals surface area contributed by atoms with Gasteiger partial charge in [-0.25, -0.2) is 9.97 Å². The molecule has 0 spiro atoms. The van der Waals surface area contributed by atoms with Crippen molar-refractivity contribution >= 4 is 40.8 Å². The SMILES string of the molecule is CCC[C@H](CC(=O)[C@@H]1C[C@@H](Oc2ccc(Cl)cn2)CN1C(=O)[C@@H](CC(=O)[C@@H](NC(=O)c1cnccn1)C1CCCCC1)C(C)(C)C)C(O)C(=O)CC1CC1. The second kappa shape index (κ2) is 18.7. The Labute approximate surface area is 323 Å². The Morgan fingerprint density at radius 1 is 0.981 bits per heavy atom. The number of carbonyl (C=O) groups is 5. The number of ether oxygens (including phenoxy) is 1. The van der Waals surface area contributed by atoms with E-state index in [0.717, 1.165) is 44.9 Å². The van der Waals surface area contributed by atoms with Crippen molar-refractivity contribution in [2.45, 2.75) is 135 Å². The van der Waals surface area contributed by atoms with E-state index in [4.69, 9.17) is 16.3 Å². The molecule has 3 heterocycles. The van der Waals surface area contributed by atoms with E-state index in [-0.39, 0.29) is 60.7 Å². The first-order chi connectivity index (χ1) is 25.7. The number of halogens is 1. The predicted molar refractivity (Wildman–Crippen MR) is 203 cm³/mol. The second-order valence-electron chi connectivity index (χ2n) is 16.6. The number of amides is 2. The molecule has 2 aromatic heterocycles. The Morgan fingerprint density at radius 2 is 1.72 bits per heavy atom. The summed E-state index contributed by atoms with van der Waals surface area (Å²) in [4.78, 5) is 83.6. The Bertz CT molecular complexity index is 1610. The largest absolute Gasteiger partial charge is 0.472 e. The van der Waals surface area contributed by atoms with Crippen LogP contribution < -0.4 is 10.1 Å². The summed E-state index contributed by atoms with van der Waals surface area (Å²) in [5.41, 5.74) is -0.589. The van der Waals surface area contributed by atoms with Gasteiger partial charge in [-0.15, -0.1) is 0 Å². The molecule has 0 radical (unpaired) electrons. The molecule has 2 saturated carbocycles. The maximum absolute atomic E-state index is 14.8. The molecule has 12 nitrogen and oxygen atoms in total. The third-order valence-corrected chi connectivity index (χ3v) is 11.5. The van der Waals surface area contributed by atoms with E-state index in [1.54, 1.807) is 12.1 Å². The van der Waals surface area contributed by atoms with Gasteiger partial charge in [0.15, 0.2) is 17.3 Å². The summed E-state index contributed by atoms with van der Waals surface area (Å²) in [5.74, 6) is -2.47. The van der Waals surface area contributed by atoms with Crippen LogP contribution in [0.2, 0.25) is 5.02 Å². The van der Waals surface area contributed by atoms with Crippen molar-refractivity contribution in [3.63, 3.8) is 0 Å². The molecule has 3 fully saturated rings. The van der Waals surface area contributed by atoms with E-state index < -0.39 is 47.4 Å². The van der Waals surface area contributed by atoms with E-state index in [2.05, 4.69) is 20.3 Å². The third-order valence-electron chi connectivity index (χ3n) is 11.3. The summed E-state index contributed by atoms with van der Waals surface area (Å²) in [6.07, 6.45) is 11.8. The van der Waals surface area contributed by atoms with Gasteiger partial charge in [-0.1, -0.05) is 65.0 Å². The molecule has 3 aliphatic rings. The fraction of sp³-hybridized carbons (Fsp3) is 0.659. The minimum Gasteiger partial charge on any atom is -0.472 e. The molecular formula is C41H56ClN5O7. The van der Waals surface area contributed by atoms with Crippen molar-refractivity contribution in [2.75, 3.05) is 6.54 Å². The van der Waals surface area contributed by atoms with Gasteiger partial charge in [0.05, 0.1) is 29.8 Å². The van der Waals surface area contributed by atoms with Gasteiger partial charge >= 0.3 is 0 Å². The molecular weight excluding hydrogens is 710 g/mol. The zero-order valence-electron chi connectivity index (χ0n) is 32.0. The lowest BCUT2D eigenvalue weighted by molar-refractivity contribution is -0.146. The van der Waals surface area contributed by atoms with Crippen molar-refractivity contribution in [2.24, 2.45) is 29.1 Å². The fourth-order valence-electron chi connectivity index (χ4n) is 8.01. The van der Waals surface area contributed by atoms with E-state index in [9.17, 15) is 29.1 Å². The maximum Gasteiger partial charge on any atom is 0.272 e. The van der Waals surface area contributed by atoms with Gasteiger partial charge in [-0.2, -0.15) is 0 Å². The number of pyridine rings is 1. The van der Waals surface area contributed by atoms with Gasteiger partial charge in [0.25, 0.3) is 5.91 Å². The number of aliphatic hydroxyl groups excluding tert-OH is 1. The van der Waals surface area contributed by atoms with Crippen LogP contribution in [0.15, 0.2) is 36.9 Å². The summed E-state index contributed by atoms with van der Waals surface area (Å²) in [7, 11) is 0. The van der Waals surface area contributed by atoms with Crippen molar-refractivity contribution in [1.29, 1.82) is 0 Å². The van der Waals surface area contributed by atoms with E-state index in [1.807, 2.05) is 27.7 Å². The number of aromatic nitrogens is 3. The summed E-state index contributed by atoms with van der Waals surface area (Å²) in [5, 5.41) is 14.5. The Morgan fingerprint density at radius 3 is 2.33 bits per heavy atom. The molecule has 1 unspecified atom stereocenters. The summed E-state index contributed by atoms with van der Waals surface area (Å²) in [6.45, 7) is 7.72. The number of ketones is 3. The van der Waals surface area contributed by atoms with Crippen LogP contribution in [0.25, 0.3) is 0 Å². The highest BCUT2D eigenvalue weighted by atomic mass is 35.5. The molecule has 294 valence electrons. The number of Topliss-reactive ketones (excluding diaryl/α,β-unsaturated/α-hetero) is 3. The van der Waals surface area contributed by atoms with Gasteiger partial charge in [0, 0.05) is 56.3 Å². The normalized spacial score (nSPS) is 21.5. The van der Waals surface area contributed by atoms with Crippen LogP contribution in [0, 0.1) is 29.1 Å². The van der Waals surface area contributed by atoms with Crippen molar-refractivity contribution in [3.05, 3.63) is 47.6 Å². The van der Waals surface area contributed by atoms with Gasteiger partial charge < -0.3 is 20.1 Å². The van der Waals surface area contributed by atoms with Gasteiger partial charge in [0.2, 0.25) is 11.8 Å². The van der Waals surface area contributed by atoms with Gasteiger partial charge in [-0.05, 0) is 61.3 Å². The van der Waals surface area contributed by atoms with E-state index >= 15 is 0 Å². The number of aliphatic hydroxyl groups is 1. The topological polar surface area (TPSA) is 169 Å². The molecule has 2 aliphatic carbocycles. The van der Waals surface area contributed by atoms with Crippen LogP contribution in [0.3, 0.4) is 0 Å². The number of hydrogen-bond acceptors (Lipinski definition) is 10. The number of nitrogens with zero attached hydrogens (tertiary/aromatic N) is 4. The molecule has 2 aromatic rings. The van der Waals surface area contributed by atoms with Crippen LogP contribution >= 0.6 is 11.6 Å². The van der Waals surface area contributed by atoms with Crippen LogP contribution in [0.1, 0.15) is 122 Å². The first-order valence-corrected chi connectivity index (χ1v) is 20.0. The van der Waals surface area contributed by atoms with E-state index in [1.165, 1.54) is 29.7 Å². The molecule has 13 heteroatoms. The molecule has 2 amide bonds. The predicted octanol–water partition coefficient (Wildman–Crippen LogP) is 5.98. The van der Waals surface area contributed by atoms with Gasteiger partial charge in [-0.3, -0.25) is 29.0 Å². The number of rotatable bonds is 18. The van der Waals surface area contributed by atoms with Crippen molar-refractivity contribution in [1.82, 2.24) is 25.2 Å². The lowest BCUT2D eigenvalue weighted by atomic mass is 9.74. The maximum atomic E-state index is 14.8. The molecule has 1 aliphatic heterocycles. The quantitative estimate of drug-likeness (QED) is 0.184. The molecule has 6 atom stereocenters. The molecule has 5 rings (SSSR count). The number of carbonyl (C=O) groups excluding carboxylic acids is 5. The van der Waals surface area contributed by atoms with Gasteiger partial charge in [0.1, 0.15) is 17.9 Å². The summed E-state index contributed by atoms with van der Waals surface area (Å²) < 4.78 is 6.18. The Balaban J connectivity index is 1.39. The monoisotopic (exact) mass is 765 g/mol. The second-order valence-corrected chi connectivity index (χ2v) is 17.0. The first-order valence-electron chi connectivity index (χ1n) is 19.7. The molecule has 2 N–H and O–H groups in total. The smallest absolute Gasteiger partial charge is 0.272 e. The summed E-state index contributed by atoms with van der Waals surface area (Å²) >= 11 is 6.04. The summed E-state index contributed by atoms with van der Waals surface area (Å²) in [6, 6.07) is 1.56. The average molecular weight is 766 g/mol.